The summed E-state index contributed by atoms with van der Waals surface area (Å²) in [5.74, 6) is 0. The topological polar surface area (TPSA) is 35.5 Å². The molecule has 0 amide bonds. The first-order valence-electron chi connectivity index (χ1n) is 7.03. The molecule has 0 bridgehead atoms. The Hall–Kier alpha value is -0.260. The van der Waals surface area contributed by atoms with Crippen LogP contribution in [-0.4, -0.2) is 54.8 Å². The highest BCUT2D eigenvalue weighted by atomic mass is 19.3. The molecule has 3 nitrogen and oxygen atoms in total. The van der Waals surface area contributed by atoms with Crippen molar-refractivity contribution in [2.75, 3.05) is 26.2 Å². The number of hydrogen-bond acceptors (Lipinski definition) is 3. The van der Waals surface area contributed by atoms with Crippen molar-refractivity contribution in [3.8, 4) is 0 Å². The molecule has 0 aromatic heterocycles. The molecule has 108 valence electrons. The summed E-state index contributed by atoms with van der Waals surface area (Å²) in [5, 5.41) is 12.4. The number of aliphatic hydroxyl groups is 1. The maximum atomic E-state index is 12.5. The number of halogens is 2. The Kier molecular flexibility index (Phi) is 7.70. The van der Waals surface area contributed by atoms with Gasteiger partial charge in [-0.3, -0.25) is 4.90 Å². The Morgan fingerprint density at radius 3 is 2.44 bits per heavy atom. The number of aliphatic hydroxyl groups excluding tert-OH is 1. The Morgan fingerprint density at radius 1 is 1.28 bits per heavy atom. The first-order valence-corrected chi connectivity index (χ1v) is 7.03. The summed E-state index contributed by atoms with van der Waals surface area (Å²) in [6.07, 6.45) is 2.82. The first kappa shape index (κ1) is 15.8. The van der Waals surface area contributed by atoms with Crippen LogP contribution in [0, 0.1) is 0 Å². The van der Waals surface area contributed by atoms with Gasteiger partial charge in [0.05, 0.1) is 13.2 Å². The highest BCUT2D eigenvalue weighted by molar-refractivity contribution is 4.83. The lowest BCUT2D eigenvalue weighted by molar-refractivity contribution is 0.0413. The minimum Gasteiger partial charge on any atom is -0.395 e. The van der Waals surface area contributed by atoms with Gasteiger partial charge in [-0.15, -0.1) is 0 Å². The van der Waals surface area contributed by atoms with Crippen molar-refractivity contribution in [3.63, 3.8) is 0 Å². The maximum absolute atomic E-state index is 12.5. The SMILES string of the molecule is CCCNC1CCC(N(CCO)CC(F)F)CC1. The molecular weight excluding hydrogens is 238 g/mol. The number of alkyl halides is 2. The second kappa shape index (κ2) is 8.77. The van der Waals surface area contributed by atoms with Gasteiger partial charge in [0.25, 0.3) is 6.43 Å². The predicted octanol–water partition coefficient (Wildman–Crippen LogP) is 1.86. The van der Waals surface area contributed by atoms with Gasteiger partial charge in [0.1, 0.15) is 0 Å². The highest BCUT2D eigenvalue weighted by Crippen LogP contribution is 2.23. The van der Waals surface area contributed by atoms with Crippen LogP contribution in [0.3, 0.4) is 0 Å². The first-order chi connectivity index (χ1) is 8.67. The normalized spacial score (nSPS) is 25.0. The van der Waals surface area contributed by atoms with Crippen LogP contribution in [0.1, 0.15) is 39.0 Å². The van der Waals surface area contributed by atoms with Crippen molar-refractivity contribution in [2.24, 2.45) is 0 Å². The monoisotopic (exact) mass is 264 g/mol. The molecule has 0 aliphatic heterocycles. The largest absolute Gasteiger partial charge is 0.395 e. The third-order valence-electron chi connectivity index (χ3n) is 3.66. The molecule has 0 heterocycles. The lowest BCUT2D eigenvalue weighted by Gasteiger charge is -2.36. The highest BCUT2D eigenvalue weighted by Gasteiger charge is 2.26. The second-order valence-corrected chi connectivity index (χ2v) is 5.07. The number of nitrogens with zero attached hydrogens (tertiary/aromatic N) is 1. The molecule has 1 rings (SSSR count). The Labute approximate surface area is 109 Å². The van der Waals surface area contributed by atoms with Gasteiger partial charge < -0.3 is 10.4 Å². The summed E-state index contributed by atoms with van der Waals surface area (Å²) >= 11 is 0. The smallest absolute Gasteiger partial charge is 0.251 e. The van der Waals surface area contributed by atoms with Crippen molar-refractivity contribution in [1.82, 2.24) is 10.2 Å². The zero-order valence-corrected chi connectivity index (χ0v) is 11.2. The summed E-state index contributed by atoms with van der Waals surface area (Å²) in [6.45, 7) is 3.29. The lowest BCUT2D eigenvalue weighted by atomic mass is 9.90. The molecular formula is C13H26F2N2O. The predicted molar refractivity (Wildman–Crippen MR) is 69.0 cm³/mol. The maximum Gasteiger partial charge on any atom is 0.251 e. The third-order valence-corrected chi connectivity index (χ3v) is 3.66. The Morgan fingerprint density at radius 2 is 1.94 bits per heavy atom. The number of nitrogens with one attached hydrogen (secondary N) is 1. The van der Waals surface area contributed by atoms with Crippen LogP contribution in [0.15, 0.2) is 0 Å². The summed E-state index contributed by atoms with van der Waals surface area (Å²) in [7, 11) is 0. The van der Waals surface area contributed by atoms with Gasteiger partial charge in [-0.2, -0.15) is 0 Å². The van der Waals surface area contributed by atoms with Crippen molar-refractivity contribution < 1.29 is 13.9 Å². The Balaban J connectivity index is 2.33. The van der Waals surface area contributed by atoms with E-state index in [-0.39, 0.29) is 19.2 Å². The van der Waals surface area contributed by atoms with E-state index in [1.807, 2.05) is 0 Å². The van der Waals surface area contributed by atoms with E-state index < -0.39 is 6.43 Å². The van der Waals surface area contributed by atoms with Gasteiger partial charge in [0.2, 0.25) is 0 Å². The van der Waals surface area contributed by atoms with Crippen molar-refractivity contribution >= 4 is 0 Å². The zero-order chi connectivity index (χ0) is 13.4. The summed E-state index contributed by atoms with van der Waals surface area (Å²) in [6, 6.07) is 0.759. The van der Waals surface area contributed by atoms with E-state index in [4.69, 9.17) is 5.11 Å². The van der Waals surface area contributed by atoms with E-state index in [2.05, 4.69) is 12.2 Å². The fraction of sp³-hybridized carbons (Fsp3) is 1.00. The lowest BCUT2D eigenvalue weighted by Crippen LogP contribution is -2.45. The average Bonchev–Trinajstić information content (AvgIpc) is 2.36. The summed E-state index contributed by atoms with van der Waals surface area (Å²) in [4.78, 5) is 1.75. The van der Waals surface area contributed by atoms with Crippen LogP contribution < -0.4 is 5.32 Å². The van der Waals surface area contributed by atoms with Gasteiger partial charge in [0, 0.05) is 18.6 Å². The molecule has 0 unspecified atom stereocenters. The van der Waals surface area contributed by atoms with Crippen LogP contribution in [0.2, 0.25) is 0 Å². The quantitative estimate of drug-likeness (QED) is 0.702. The number of rotatable bonds is 8. The fourth-order valence-corrected chi connectivity index (χ4v) is 2.72. The van der Waals surface area contributed by atoms with Crippen LogP contribution in [0.5, 0.6) is 0 Å². The van der Waals surface area contributed by atoms with Gasteiger partial charge >= 0.3 is 0 Å². The molecule has 0 radical (unpaired) electrons. The Bertz CT molecular complexity index is 209. The summed E-state index contributed by atoms with van der Waals surface area (Å²) in [5.41, 5.74) is 0. The molecule has 18 heavy (non-hydrogen) atoms. The van der Waals surface area contributed by atoms with E-state index >= 15 is 0 Å². The van der Waals surface area contributed by atoms with Crippen LogP contribution in [0.4, 0.5) is 8.78 Å². The van der Waals surface area contributed by atoms with Gasteiger partial charge in [-0.25, -0.2) is 8.78 Å². The minimum atomic E-state index is -2.31. The molecule has 0 aromatic rings. The standard InChI is InChI=1S/C13H26F2N2O/c1-2-7-16-11-3-5-12(6-4-11)17(8-9-18)10-13(14)15/h11-13,16,18H,2-10H2,1H3. The van der Waals surface area contributed by atoms with E-state index in [9.17, 15) is 8.78 Å². The van der Waals surface area contributed by atoms with Crippen molar-refractivity contribution in [2.45, 2.75) is 57.5 Å². The summed E-state index contributed by atoms with van der Waals surface area (Å²) < 4.78 is 24.9. The average molecular weight is 264 g/mol. The molecule has 1 aliphatic rings. The van der Waals surface area contributed by atoms with Crippen LogP contribution in [0.25, 0.3) is 0 Å². The molecule has 0 aromatic carbocycles. The third kappa shape index (κ3) is 5.59. The molecule has 1 fully saturated rings. The van der Waals surface area contributed by atoms with E-state index in [1.165, 1.54) is 0 Å². The van der Waals surface area contributed by atoms with E-state index in [0.29, 0.717) is 12.6 Å². The molecule has 0 atom stereocenters. The van der Waals surface area contributed by atoms with Gasteiger partial charge in [-0.05, 0) is 38.6 Å². The molecule has 5 heteroatoms. The molecule has 0 saturated heterocycles. The number of hydrogen-bond donors (Lipinski definition) is 2. The van der Waals surface area contributed by atoms with Crippen LogP contribution >= 0.6 is 0 Å². The van der Waals surface area contributed by atoms with Crippen LogP contribution in [-0.2, 0) is 0 Å². The minimum absolute atomic E-state index is 0.0409. The second-order valence-electron chi connectivity index (χ2n) is 5.07. The molecule has 1 aliphatic carbocycles. The molecule has 2 N–H and O–H groups in total. The van der Waals surface area contributed by atoms with Crippen molar-refractivity contribution in [3.05, 3.63) is 0 Å². The van der Waals surface area contributed by atoms with Gasteiger partial charge in [0.15, 0.2) is 0 Å². The van der Waals surface area contributed by atoms with Crippen molar-refractivity contribution in [1.29, 1.82) is 0 Å². The zero-order valence-electron chi connectivity index (χ0n) is 11.2. The fourth-order valence-electron chi connectivity index (χ4n) is 2.72. The molecule has 1 saturated carbocycles. The van der Waals surface area contributed by atoms with E-state index in [0.717, 1.165) is 38.6 Å². The van der Waals surface area contributed by atoms with Gasteiger partial charge in [-0.1, -0.05) is 6.92 Å². The van der Waals surface area contributed by atoms with E-state index in [1.54, 1.807) is 4.90 Å². The molecule has 0 spiro atoms.